The minimum Gasteiger partial charge on any atom is -0.343 e. The number of alkyl halides is 3. The van der Waals surface area contributed by atoms with Crippen molar-refractivity contribution in [2.45, 2.75) is 11.9 Å². The Morgan fingerprint density at radius 1 is 0.902 bits per heavy atom. The molecule has 2 aromatic carbocycles. The van der Waals surface area contributed by atoms with Crippen LogP contribution in [0.15, 0.2) is 90.1 Å². The van der Waals surface area contributed by atoms with E-state index in [4.69, 9.17) is 21.6 Å². The second kappa shape index (κ2) is 10.8. The van der Waals surface area contributed by atoms with Crippen LogP contribution in [0.2, 0.25) is 5.02 Å². The van der Waals surface area contributed by atoms with Crippen molar-refractivity contribution in [3.8, 4) is 22.5 Å². The molecular formula is C29H18ClF3N6OS. The van der Waals surface area contributed by atoms with Crippen LogP contribution in [0, 0.1) is 0 Å². The Kier molecular flexibility index (Phi) is 7.06. The molecule has 0 fully saturated rings. The van der Waals surface area contributed by atoms with Crippen molar-refractivity contribution < 1.29 is 13.2 Å². The molecule has 0 saturated carbocycles. The average Bonchev–Trinajstić information content (AvgIpc) is 2.98. The molecule has 204 valence electrons. The van der Waals surface area contributed by atoms with Crippen LogP contribution in [0.5, 0.6) is 0 Å². The van der Waals surface area contributed by atoms with Crippen molar-refractivity contribution in [2.24, 2.45) is 0 Å². The van der Waals surface area contributed by atoms with E-state index in [9.17, 15) is 18.0 Å². The molecule has 2 N–H and O–H groups in total. The lowest BCUT2D eigenvalue weighted by molar-refractivity contribution is -0.141. The Morgan fingerprint density at radius 3 is 2.46 bits per heavy atom. The van der Waals surface area contributed by atoms with E-state index in [0.29, 0.717) is 38.7 Å². The van der Waals surface area contributed by atoms with Crippen LogP contribution in [0.3, 0.4) is 0 Å². The Hall–Kier alpha value is -4.48. The maximum absolute atomic E-state index is 13.5. The number of H-pyrrole nitrogens is 1. The zero-order valence-corrected chi connectivity index (χ0v) is 22.5. The molecule has 0 aliphatic heterocycles. The molecular weight excluding hydrogens is 573 g/mol. The number of hydrogen-bond donors (Lipinski definition) is 2. The number of benzene rings is 2. The third kappa shape index (κ3) is 5.46. The van der Waals surface area contributed by atoms with E-state index >= 15 is 0 Å². The molecule has 0 radical (unpaired) electrons. The van der Waals surface area contributed by atoms with Gasteiger partial charge in [-0.3, -0.25) is 14.8 Å². The van der Waals surface area contributed by atoms with E-state index in [-0.39, 0.29) is 17.0 Å². The number of pyridine rings is 3. The number of hydrogen-bond acceptors (Lipinski definition) is 7. The predicted molar refractivity (Wildman–Crippen MR) is 155 cm³/mol. The minimum absolute atomic E-state index is 0.115. The Morgan fingerprint density at radius 2 is 1.71 bits per heavy atom. The molecule has 0 spiro atoms. The first-order valence-corrected chi connectivity index (χ1v) is 13.6. The quantitative estimate of drug-likeness (QED) is 0.194. The summed E-state index contributed by atoms with van der Waals surface area (Å²) in [6, 6.07) is 19.1. The van der Waals surface area contributed by atoms with Gasteiger partial charge in [0.25, 0.3) is 0 Å². The summed E-state index contributed by atoms with van der Waals surface area (Å²) in [5.41, 5.74) is 3.02. The summed E-state index contributed by atoms with van der Waals surface area (Å²) in [5, 5.41) is 1.26. The highest BCUT2D eigenvalue weighted by Gasteiger charge is 2.32. The first-order chi connectivity index (χ1) is 19.8. The van der Waals surface area contributed by atoms with E-state index in [2.05, 4.69) is 19.7 Å². The molecule has 0 amide bonds. The fraction of sp³-hybridized carbons (Fsp3) is 0.0690. The lowest BCUT2D eigenvalue weighted by atomic mass is 10.0. The molecule has 0 aliphatic rings. The third-order valence-corrected chi connectivity index (χ3v) is 7.35. The minimum atomic E-state index is -4.50. The summed E-state index contributed by atoms with van der Waals surface area (Å²) in [5.74, 6) is 0.274. The van der Waals surface area contributed by atoms with Gasteiger partial charge < -0.3 is 9.71 Å². The van der Waals surface area contributed by atoms with Gasteiger partial charge in [0.05, 0.1) is 21.9 Å². The van der Waals surface area contributed by atoms with Crippen molar-refractivity contribution >= 4 is 51.3 Å². The van der Waals surface area contributed by atoms with Gasteiger partial charge in [0.1, 0.15) is 11.4 Å². The van der Waals surface area contributed by atoms with E-state index in [1.165, 1.54) is 12.3 Å². The topological polar surface area (TPSA) is 96.5 Å². The van der Waals surface area contributed by atoms with Crippen molar-refractivity contribution in [2.75, 3.05) is 4.72 Å². The van der Waals surface area contributed by atoms with Crippen molar-refractivity contribution in [1.82, 2.24) is 24.9 Å². The maximum Gasteiger partial charge on any atom is 0.433 e. The SMILES string of the molecule is O=c1c(NSCc2ccc(C(F)(F)F)nc2)c[nH]c2nc(-c3ccccc3)c(-c3cc(Cl)c4ncccc4c3)nc12. The number of halogens is 4. The van der Waals surface area contributed by atoms with Gasteiger partial charge in [-0.1, -0.05) is 54.1 Å². The van der Waals surface area contributed by atoms with Gasteiger partial charge in [-0.05, 0) is 41.8 Å². The highest BCUT2D eigenvalue weighted by Crippen LogP contribution is 2.34. The summed E-state index contributed by atoms with van der Waals surface area (Å²) >= 11 is 7.71. The van der Waals surface area contributed by atoms with Crippen LogP contribution in [0.4, 0.5) is 18.9 Å². The monoisotopic (exact) mass is 590 g/mol. The summed E-state index contributed by atoms with van der Waals surface area (Å²) in [7, 11) is 0. The van der Waals surface area contributed by atoms with Gasteiger partial charge in [0.15, 0.2) is 11.2 Å². The number of anilines is 1. The molecule has 0 atom stereocenters. The zero-order chi connectivity index (χ0) is 28.6. The number of fused-ring (bicyclic) bond motifs is 2. The Bertz CT molecular complexity index is 1950. The molecule has 4 heterocycles. The predicted octanol–water partition coefficient (Wildman–Crippen LogP) is 7.53. The van der Waals surface area contributed by atoms with Crippen LogP contribution < -0.4 is 10.2 Å². The molecule has 0 aliphatic carbocycles. The maximum atomic E-state index is 13.5. The third-order valence-electron chi connectivity index (χ3n) is 6.22. The molecule has 0 unspecified atom stereocenters. The molecule has 4 aromatic heterocycles. The summed E-state index contributed by atoms with van der Waals surface area (Å²) < 4.78 is 41.3. The summed E-state index contributed by atoms with van der Waals surface area (Å²) in [4.78, 5) is 33.9. The molecule has 12 heteroatoms. The standard InChI is InChI=1S/C29H18ClF3N6OS/c30-20-12-19(11-18-7-4-10-34-23(18)20)25-24(17-5-2-1-3-6-17)38-28-26(37-25)27(40)21(14-36-28)39-41-15-16-8-9-22(35-13-16)29(31,32)33/h1-14,39H,15H2,(H,36,38,40). The highest BCUT2D eigenvalue weighted by atomic mass is 35.5. The van der Waals surface area contributed by atoms with Crippen LogP contribution in [0.25, 0.3) is 44.6 Å². The lowest BCUT2D eigenvalue weighted by Gasteiger charge is -2.12. The van der Waals surface area contributed by atoms with Gasteiger partial charge in [-0.15, -0.1) is 0 Å². The van der Waals surface area contributed by atoms with E-state index in [1.54, 1.807) is 12.3 Å². The lowest BCUT2D eigenvalue weighted by Crippen LogP contribution is -2.12. The zero-order valence-electron chi connectivity index (χ0n) is 20.9. The van der Waals surface area contributed by atoms with Gasteiger partial charge in [-0.2, -0.15) is 13.2 Å². The van der Waals surface area contributed by atoms with Gasteiger partial charge in [-0.25, -0.2) is 9.97 Å². The van der Waals surface area contributed by atoms with E-state index < -0.39 is 17.3 Å². The van der Waals surface area contributed by atoms with E-state index in [1.807, 2.05) is 48.5 Å². The number of nitrogens with one attached hydrogen (secondary N) is 2. The molecule has 41 heavy (non-hydrogen) atoms. The number of aromatic amines is 1. The van der Waals surface area contributed by atoms with Crippen molar-refractivity contribution in [3.05, 3.63) is 112 Å². The van der Waals surface area contributed by atoms with Crippen LogP contribution in [-0.4, -0.2) is 24.9 Å². The number of nitrogens with zero attached hydrogens (tertiary/aromatic N) is 4. The summed E-state index contributed by atoms with van der Waals surface area (Å²) in [6.45, 7) is 0. The second-order valence-corrected chi connectivity index (χ2v) is 10.2. The normalized spacial score (nSPS) is 11.7. The molecule has 0 bridgehead atoms. The van der Waals surface area contributed by atoms with Gasteiger partial charge in [0, 0.05) is 40.9 Å². The first-order valence-electron chi connectivity index (χ1n) is 12.2. The van der Waals surface area contributed by atoms with Crippen LogP contribution in [0.1, 0.15) is 11.3 Å². The fourth-order valence-corrected chi connectivity index (χ4v) is 5.25. The largest absolute Gasteiger partial charge is 0.433 e. The Labute approximate surface area is 240 Å². The van der Waals surface area contributed by atoms with Crippen LogP contribution >= 0.6 is 23.5 Å². The highest BCUT2D eigenvalue weighted by molar-refractivity contribution is 7.99. The molecule has 6 aromatic rings. The number of aromatic nitrogens is 5. The molecule has 7 nitrogen and oxygen atoms in total. The second-order valence-electron chi connectivity index (χ2n) is 8.99. The Balaban J connectivity index is 1.37. The average molecular weight is 591 g/mol. The molecule has 0 saturated heterocycles. The smallest absolute Gasteiger partial charge is 0.343 e. The number of rotatable bonds is 6. The fourth-order valence-electron chi connectivity index (χ4n) is 4.26. The van der Waals surface area contributed by atoms with Crippen molar-refractivity contribution in [3.63, 3.8) is 0 Å². The first kappa shape index (κ1) is 26.7. The van der Waals surface area contributed by atoms with Crippen molar-refractivity contribution in [1.29, 1.82) is 0 Å². The van der Waals surface area contributed by atoms with Gasteiger partial charge in [0.2, 0.25) is 5.43 Å². The van der Waals surface area contributed by atoms with Gasteiger partial charge >= 0.3 is 6.18 Å². The summed E-state index contributed by atoms with van der Waals surface area (Å²) in [6.07, 6.45) is -0.184. The molecule has 6 rings (SSSR count). The van der Waals surface area contributed by atoms with E-state index in [0.717, 1.165) is 35.2 Å². The van der Waals surface area contributed by atoms with Crippen LogP contribution in [-0.2, 0) is 11.9 Å².